The fraction of sp³-hybridized carbons (Fsp3) is 0.231. The molecule has 0 fully saturated rings. The number of carbonyl (C=O) groups is 2. The van der Waals surface area contributed by atoms with Crippen molar-refractivity contribution in [2.75, 3.05) is 0 Å². The Morgan fingerprint density at radius 1 is 1.22 bits per heavy atom. The van der Waals surface area contributed by atoms with E-state index in [1.807, 2.05) is 0 Å². The van der Waals surface area contributed by atoms with Crippen LogP contribution in [0.1, 0.15) is 29.6 Å². The molecule has 4 nitrogen and oxygen atoms in total. The van der Waals surface area contributed by atoms with Gasteiger partial charge in [0.1, 0.15) is 0 Å². The molecule has 0 aliphatic heterocycles. The van der Waals surface area contributed by atoms with Crippen LogP contribution in [0.25, 0.3) is 0 Å². The maximum absolute atomic E-state index is 12.2. The normalized spacial score (nSPS) is 17.1. The predicted octanol–water partition coefficient (Wildman–Crippen LogP) is 2.13. The number of hydrogen-bond acceptors (Lipinski definition) is 3. The Morgan fingerprint density at radius 3 is 2.44 bits per heavy atom. The molecular weight excluding hydrogens is 252 g/mol. The molecule has 0 saturated heterocycles. The molecule has 94 valence electrons. The predicted molar refractivity (Wildman–Crippen MR) is 66.8 cm³/mol. The first-order chi connectivity index (χ1) is 8.59. The van der Waals surface area contributed by atoms with Crippen LogP contribution >= 0.6 is 0 Å². The van der Waals surface area contributed by atoms with Crippen molar-refractivity contribution < 1.29 is 18.9 Å². The molecule has 0 spiro atoms. The standard InChI is InChI=1S/C13H12O4S/c14-11-3-1-2-4-12(11)18(17)10-7-5-9(6-8-10)13(15)16/h4-8H,1-3H2,(H,15,16). The summed E-state index contributed by atoms with van der Waals surface area (Å²) in [6.07, 6.45) is 3.72. The van der Waals surface area contributed by atoms with Crippen molar-refractivity contribution >= 4 is 22.6 Å². The molecule has 0 bridgehead atoms. The number of benzene rings is 1. The van der Waals surface area contributed by atoms with E-state index in [1.54, 1.807) is 6.08 Å². The van der Waals surface area contributed by atoms with Gasteiger partial charge in [0.15, 0.2) is 5.78 Å². The Morgan fingerprint density at radius 2 is 1.89 bits per heavy atom. The van der Waals surface area contributed by atoms with E-state index >= 15 is 0 Å². The fourth-order valence-electron chi connectivity index (χ4n) is 1.76. The van der Waals surface area contributed by atoms with Gasteiger partial charge in [-0.3, -0.25) is 4.79 Å². The number of ketones is 1. The van der Waals surface area contributed by atoms with Crippen molar-refractivity contribution in [2.24, 2.45) is 0 Å². The van der Waals surface area contributed by atoms with E-state index in [1.165, 1.54) is 24.3 Å². The molecule has 1 atom stereocenters. The van der Waals surface area contributed by atoms with E-state index in [0.29, 0.717) is 16.2 Å². The van der Waals surface area contributed by atoms with Gasteiger partial charge in [0, 0.05) is 11.3 Å². The van der Waals surface area contributed by atoms with Gasteiger partial charge in [0.2, 0.25) is 0 Å². The van der Waals surface area contributed by atoms with Gasteiger partial charge in [-0.25, -0.2) is 9.00 Å². The lowest BCUT2D eigenvalue weighted by atomic mass is 10.1. The summed E-state index contributed by atoms with van der Waals surface area (Å²) < 4.78 is 12.2. The minimum atomic E-state index is -1.50. The molecular formula is C13H12O4S. The lowest BCUT2D eigenvalue weighted by molar-refractivity contribution is -0.115. The van der Waals surface area contributed by atoms with Crippen molar-refractivity contribution in [2.45, 2.75) is 24.2 Å². The van der Waals surface area contributed by atoms with Crippen LogP contribution in [0.2, 0.25) is 0 Å². The third kappa shape index (κ3) is 2.56. The summed E-state index contributed by atoms with van der Waals surface area (Å²) >= 11 is 0. The second kappa shape index (κ2) is 5.27. The van der Waals surface area contributed by atoms with Crippen LogP contribution in [0.4, 0.5) is 0 Å². The number of carboxylic acids is 1. The van der Waals surface area contributed by atoms with Crippen LogP contribution in [-0.4, -0.2) is 21.1 Å². The largest absolute Gasteiger partial charge is 0.478 e. The van der Waals surface area contributed by atoms with Gasteiger partial charge in [-0.2, -0.15) is 0 Å². The lowest BCUT2D eigenvalue weighted by Gasteiger charge is -2.11. The minimum Gasteiger partial charge on any atom is -0.478 e. The Hall–Kier alpha value is -1.75. The monoisotopic (exact) mass is 264 g/mol. The number of allylic oxidation sites excluding steroid dienone is 2. The molecule has 0 aromatic heterocycles. The van der Waals surface area contributed by atoms with Crippen LogP contribution in [-0.2, 0) is 15.6 Å². The number of Topliss-reactive ketones (excluding diaryl/α,β-unsaturated/α-hetero) is 1. The van der Waals surface area contributed by atoms with Crippen molar-refractivity contribution in [3.63, 3.8) is 0 Å². The van der Waals surface area contributed by atoms with E-state index in [4.69, 9.17) is 5.11 Å². The Labute approximate surface area is 107 Å². The van der Waals surface area contributed by atoms with Gasteiger partial charge in [-0.15, -0.1) is 0 Å². The molecule has 0 radical (unpaired) electrons. The lowest BCUT2D eigenvalue weighted by Crippen LogP contribution is -2.12. The zero-order chi connectivity index (χ0) is 13.1. The van der Waals surface area contributed by atoms with Crippen molar-refractivity contribution in [1.29, 1.82) is 0 Å². The average Bonchev–Trinajstić information content (AvgIpc) is 2.38. The van der Waals surface area contributed by atoms with Gasteiger partial charge in [0.05, 0.1) is 21.3 Å². The van der Waals surface area contributed by atoms with Crippen molar-refractivity contribution in [3.05, 3.63) is 40.8 Å². The van der Waals surface area contributed by atoms with Gasteiger partial charge in [-0.05, 0) is 37.1 Å². The Balaban J connectivity index is 2.26. The number of rotatable bonds is 3. The zero-order valence-corrected chi connectivity index (χ0v) is 10.4. The fourth-order valence-corrected chi connectivity index (χ4v) is 2.98. The van der Waals surface area contributed by atoms with Crippen LogP contribution in [0, 0.1) is 0 Å². The van der Waals surface area contributed by atoms with Gasteiger partial charge >= 0.3 is 5.97 Å². The maximum Gasteiger partial charge on any atom is 0.335 e. The summed E-state index contributed by atoms with van der Waals surface area (Å²) in [5.41, 5.74) is 0.139. The summed E-state index contributed by atoms with van der Waals surface area (Å²) in [6.45, 7) is 0. The number of hydrogen-bond donors (Lipinski definition) is 1. The van der Waals surface area contributed by atoms with E-state index < -0.39 is 16.8 Å². The molecule has 1 aromatic rings. The summed E-state index contributed by atoms with van der Waals surface area (Å²) in [5, 5.41) is 8.76. The number of carboxylic acid groups (broad SMARTS) is 1. The summed E-state index contributed by atoms with van der Waals surface area (Å²) in [6, 6.07) is 5.76. The molecule has 1 N–H and O–H groups in total. The SMILES string of the molecule is O=C1CCCC=C1S(=O)c1ccc(C(=O)O)cc1. The molecule has 1 aliphatic rings. The molecule has 18 heavy (non-hydrogen) atoms. The maximum atomic E-state index is 12.2. The Bertz CT molecular complexity index is 543. The molecule has 1 aliphatic carbocycles. The second-order valence-electron chi connectivity index (χ2n) is 3.98. The van der Waals surface area contributed by atoms with Crippen LogP contribution < -0.4 is 0 Å². The quantitative estimate of drug-likeness (QED) is 0.907. The summed E-state index contributed by atoms with van der Waals surface area (Å²) in [7, 11) is -1.50. The smallest absolute Gasteiger partial charge is 0.335 e. The topological polar surface area (TPSA) is 71.4 Å². The first-order valence-electron chi connectivity index (χ1n) is 5.58. The molecule has 2 rings (SSSR count). The summed E-state index contributed by atoms with van der Waals surface area (Å²) in [4.78, 5) is 23.1. The van der Waals surface area contributed by atoms with Gasteiger partial charge in [-0.1, -0.05) is 6.08 Å². The molecule has 0 amide bonds. The highest BCUT2D eigenvalue weighted by molar-refractivity contribution is 7.90. The number of carbonyl (C=O) groups excluding carboxylic acids is 1. The third-order valence-corrected chi connectivity index (χ3v) is 4.22. The minimum absolute atomic E-state index is 0.0816. The molecule has 0 saturated carbocycles. The van der Waals surface area contributed by atoms with Crippen LogP contribution in [0.5, 0.6) is 0 Å². The third-order valence-electron chi connectivity index (χ3n) is 2.73. The summed E-state index contributed by atoms with van der Waals surface area (Å²) in [5.74, 6) is -1.11. The van der Waals surface area contributed by atoms with E-state index in [-0.39, 0.29) is 11.3 Å². The highest BCUT2D eigenvalue weighted by Crippen LogP contribution is 2.22. The van der Waals surface area contributed by atoms with Crippen LogP contribution in [0.15, 0.2) is 40.1 Å². The molecule has 1 aromatic carbocycles. The van der Waals surface area contributed by atoms with Gasteiger partial charge < -0.3 is 5.11 Å². The van der Waals surface area contributed by atoms with E-state index in [2.05, 4.69) is 0 Å². The zero-order valence-electron chi connectivity index (χ0n) is 9.59. The average molecular weight is 264 g/mol. The molecule has 5 heteroatoms. The van der Waals surface area contributed by atoms with Crippen molar-refractivity contribution in [3.8, 4) is 0 Å². The first kappa shape index (κ1) is 12.7. The second-order valence-corrected chi connectivity index (χ2v) is 5.43. The highest BCUT2D eigenvalue weighted by Gasteiger charge is 2.20. The molecule has 1 unspecified atom stereocenters. The highest BCUT2D eigenvalue weighted by atomic mass is 32.2. The van der Waals surface area contributed by atoms with E-state index in [0.717, 1.165) is 12.8 Å². The number of aromatic carboxylic acids is 1. The molecule has 0 heterocycles. The first-order valence-corrected chi connectivity index (χ1v) is 6.73. The van der Waals surface area contributed by atoms with Crippen molar-refractivity contribution in [1.82, 2.24) is 0 Å². The Kier molecular flexibility index (Phi) is 3.72. The van der Waals surface area contributed by atoms with Gasteiger partial charge in [0.25, 0.3) is 0 Å². The van der Waals surface area contributed by atoms with E-state index in [9.17, 15) is 13.8 Å². The van der Waals surface area contributed by atoms with Crippen LogP contribution in [0.3, 0.4) is 0 Å².